The number of aryl methyl sites for hydroxylation is 1. The molecule has 0 spiro atoms. The van der Waals surface area contributed by atoms with Crippen LogP contribution in [0.4, 0.5) is 5.13 Å². The number of nitrogens with two attached hydrogens (primary N) is 1. The Morgan fingerprint density at radius 3 is 2.80 bits per heavy atom. The number of rotatable bonds is 2. The third kappa shape index (κ3) is 1.16. The molecule has 5 heteroatoms. The highest BCUT2D eigenvalue weighted by Gasteiger charge is 2.71. The van der Waals surface area contributed by atoms with Gasteiger partial charge in [0, 0.05) is 5.38 Å². The normalized spacial score (nSPS) is 36.7. The van der Waals surface area contributed by atoms with Gasteiger partial charge in [0.15, 0.2) is 5.13 Å². The molecule has 3 atom stereocenters. The van der Waals surface area contributed by atoms with Crippen LogP contribution in [0.3, 0.4) is 0 Å². The molecule has 2 aliphatic rings. The maximum atomic E-state index is 11.9. The first kappa shape index (κ1) is 9.30. The molecule has 2 saturated carbocycles. The summed E-state index contributed by atoms with van der Waals surface area (Å²) < 4.78 is 0. The van der Waals surface area contributed by atoms with E-state index in [-0.39, 0.29) is 5.91 Å². The predicted octanol–water partition coefficient (Wildman–Crippen LogP) is 1.13. The second-order valence-corrected chi connectivity index (χ2v) is 5.33. The molecular formula is C10H13N3OS. The number of amides is 1. The molecule has 0 bridgehead atoms. The van der Waals surface area contributed by atoms with Gasteiger partial charge in [0.2, 0.25) is 5.91 Å². The molecular weight excluding hydrogens is 210 g/mol. The highest BCUT2D eigenvalue weighted by atomic mass is 32.1. The summed E-state index contributed by atoms with van der Waals surface area (Å²) in [5.74, 6) is 0.807. The van der Waals surface area contributed by atoms with Gasteiger partial charge in [-0.25, -0.2) is 4.98 Å². The van der Waals surface area contributed by atoms with Crippen LogP contribution in [-0.4, -0.2) is 16.4 Å². The van der Waals surface area contributed by atoms with Crippen molar-refractivity contribution >= 4 is 22.4 Å². The van der Waals surface area contributed by atoms with Crippen LogP contribution in [0.15, 0.2) is 5.38 Å². The van der Waals surface area contributed by atoms with Crippen molar-refractivity contribution in [2.45, 2.75) is 25.3 Å². The minimum absolute atomic E-state index is 0.0515. The lowest BCUT2D eigenvalue weighted by Gasteiger charge is -2.08. The Bertz CT molecular complexity index is 418. The van der Waals surface area contributed by atoms with Gasteiger partial charge in [-0.1, -0.05) is 0 Å². The molecule has 3 rings (SSSR count). The number of carbonyl (C=O) groups is 1. The molecule has 0 radical (unpaired) electrons. The van der Waals surface area contributed by atoms with Gasteiger partial charge in [-0.05, 0) is 31.6 Å². The first-order valence-electron chi connectivity index (χ1n) is 5.15. The summed E-state index contributed by atoms with van der Waals surface area (Å²) in [5, 5.41) is 5.39. The molecule has 3 N–H and O–H groups in total. The summed E-state index contributed by atoms with van der Waals surface area (Å²) >= 11 is 1.45. The van der Waals surface area contributed by atoms with E-state index in [1.165, 1.54) is 11.3 Å². The highest BCUT2D eigenvalue weighted by molar-refractivity contribution is 7.13. The van der Waals surface area contributed by atoms with Crippen LogP contribution in [0.25, 0.3) is 0 Å². The number of thiazole rings is 1. The number of carbonyl (C=O) groups excluding carboxylic acids is 1. The highest BCUT2D eigenvalue weighted by Crippen LogP contribution is 2.62. The third-order valence-electron chi connectivity index (χ3n) is 3.63. The van der Waals surface area contributed by atoms with Gasteiger partial charge < -0.3 is 11.1 Å². The van der Waals surface area contributed by atoms with Crippen LogP contribution in [0.2, 0.25) is 0 Å². The van der Waals surface area contributed by atoms with Crippen LogP contribution in [0, 0.1) is 18.8 Å². The molecule has 0 saturated heterocycles. The van der Waals surface area contributed by atoms with Crippen molar-refractivity contribution in [1.82, 2.24) is 4.98 Å². The largest absolute Gasteiger partial charge is 0.317 e. The Morgan fingerprint density at radius 2 is 2.33 bits per heavy atom. The van der Waals surface area contributed by atoms with Gasteiger partial charge in [0.1, 0.15) is 5.54 Å². The van der Waals surface area contributed by atoms with Crippen LogP contribution in [0.1, 0.15) is 18.5 Å². The third-order valence-corrected chi connectivity index (χ3v) is 4.50. The number of nitrogens with one attached hydrogen (secondary N) is 1. The molecule has 0 aliphatic heterocycles. The SMILES string of the molecule is Cc1csc(NC(=O)C2(N)[C@@H]3CC[C@@H]32)n1. The minimum atomic E-state index is -0.584. The number of fused-ring (bicyclic) bond motifs is 1. The monoisotopic (exact) mass is 223 g/mol. The van der Waals surface area contributed by atoms with E-state index in [4.69, 9.17) is 5.73 Å². The molecule has 4 nitrogen and oxygen atoms in total. The predicted molar refractivity (Wildman–Crippen MR) is 58.6 cm³/mol. The summed E-state index contributed by atoms with van der Waals surface area (Å²) in [6.07, 6.45) is 2.21. The van der Waals surface area contributed by atoms with Crippen molar-refractivity contribution in [1.29, 1.82) is 0 Å². The second kappa shape index (κ2) is 2.80. The van der Waals surface area contributed by atoms with Crippen molar-refractivity contribution < 1.29 is 4.79 Å². The standard InChI is InChI=1S/C10H13N3OS/c1-5-4-15-9(12-5)13-8(14)10(11)6-2-3-7(6)10/h4,6-7H,2-3,11H2,1H3,(H,12,13,14)/t6-,7+,10?. The number of hydrogen-bond acceptors (Lipinski definition) is 4. The Morgan fingerprint density at radius 1 is 1.67 bits per heavy atom. The van der Waals surface area contributed by atoms with E-state index < -0.39 is 5.54 Å². The lowest BCUT2D eigenvalue weighted by atomic mass is 10.0. The van der Waals surface area contributed by atoms with Gasteiger partial charge in [0.25, 0.3) is 0 Å². The summed E-state index contributed by atoms with van der Waals surface area (Å²) in [6.45, 7) is 1.91. The molecule has 1 aromatic heterocycles. The number of anilines is 1. The topological polar surface area (TPSA) is 68.0 Å². The molecule has 1 amide bonds. The van der Waals surface area contributed by atoms with E-state index in [1.54, 1.807) is 0 Å². The van der Waals surface area contributed by atoms with E-state index in [9.17, 15) is 4.79 Å². The Balaban J connectivity index is 1.72. The smallest absolute Gasteiger partial charge is 0.246 e. The summed E-state index contributed by atoms with van der Waals surface area (Å²) in [5.41, 5.74) is 6.41. The van der Waals surface area contributed by atoms with Crippen molar-refractivity contribution in [2.24, 2.45) is 17.6 Å². The maximum Gasteiger partial charge on any atom is 0.246 e. The Hall–Kier alpha value is -0.940. The van der Waals surface area contributed by atoms with Gasteiger partial charge in [-0.3, -0.25) is 4.79 Å². The van der Waals surface area contributed by atoms with Gasteiger partial charge in [-0.15, -0.1) is 11.3 Å². The molecule has 1 unspecified atom stereocenters. The fourth-order valence-corrected chi connectivity index (χ4v) is 3.18. The van der Waals surface area contributed by atoms with Crippen LogP contribution in [0.5, 0.6) is 0 Å². The molecule has 15 heavy (non-hydrogen) atoms. The summed E-state index contributed by atoms with van der Waals surface area (Å²) in [7, 11) is 0. The molecule has 2 fully saturated rings. The van der Waals surface area contributed by atoms with Crippen molar-refractivity contribution in [2.75, 3.05) is 5.32 Å². The molecule has 80 valence electrons. The van der Waals surface area contributed by atoms with Crippen molar-refractivity contribution in [3.8, 4) is 0 Å². The number of aromatic nitrogens is 1. The van der Waals surface area contributed by atoms with E-state index in [2.05, 4.69) is 10.3 Å². The maximum absolute atomic E-state index is 11.9. The summed E-state index contributed by atoms with van der Waals surface area (Å²) in [6, 6.07) is 0. The van der Waals surface area contributed by atoms with Crippen molar-refractivity contribution in [3.05, 3.63) is 11.1 Å². The zero-order valence-electron chi connectivity index (χ0n) is 8.49. The minimum Gasteiger partial charge on any atom is -0.317 e. The first-order chi connectivity index (χ1) is 7.12. The van der Waals surface area contributed by atoms with Crippen LogP contribution in [-0.2, 0) is 4.79 Å². The van der Waals surface area contributed by atoms with Gasteiger partial charge >= 0.3 is 0 Å². The molecule has 0 aromatic carbocycles. The van der Waals surface area contributed by atoms with E-state index >= 15 is 0 Å². The Labute approximate surface area is 91.9 Å². The van der Waals surface area contributed by atoms with E-state index in [0.29, 0.717) is 17.0 Å². The molecule has 1 aromatic rings. The van der Waals surface area contributed by atoms with Gasteiger partial charge in [-0.2, -0.15) is 0 Å². The zero-order chi connectivity index (χ0) is 10.6. The fourth-order valence-electron chi connectivity index (χ4n) is 2.49. The number of hydrogen-bond donors (Lipinski definition) is 2. The van der Waals surface area contributed by atoms with Crippen molar-refractivity contribution in [3.63, 3.8) is 0 Å². The lowest BCUT2D eigenvalue weighted by molar-refractivity contribution is -0.118. The summed E-state index contributed by atoms with van der Waals surface area (Å²) in [4.78, 5) is 16.1. The molecule has 1 heterocycles. The fraction of sp³-hybridized carbons (Fsp3) is 0.600. The van der Waals surface area contributed by atoms with Gasteiger partial charge in [0.05, 0.1) is 5.69 Å². The molecule has 2 aliphatic carbocycles. The van der Waals surface area contributed by atoms with E-state index in [1.807, 2.05) is 12.3 Å². The average molecular weight is 223 g/mol. The zero-order valence-corrected chi connectivity index (χ0v) is 9.30. The Kier molecular flexibility index (Phi) is 1.73. The first-order valence-corrected chi connectivity index (χ1v) is 6.03. The average Bonchev–Trinajstić information content (AvgIpc) is 2.42. The van der Waals surface area contributed by atoms with Crippen LogP contribution < -0.4 is 11.1 Å². The number of nitrogens with zero attached hydrogens (tertiary/aromatic N) is 1. The lowest BCUT2D eigenvalue weighted by Crippen LogP contribution is -2.40. The quantitative estimate of drug-likeness (QED) is 0.789. The van der Waals surface area contributed by atoms with E-state index in [0.717, 1.165) is 18.5 Å². The second-order valence-electron chi connectivity index (χ2n) is 4.47. The van der Waals surface area contributed by atoms with Crippen LogP contribution >= 0.6 is 11.3 Å².